The molecule has 0 atom stereocenters. The van der Waals surface area contributed by atoms with Gasteiger partial charge in [0.15, 0.2) is 0 Å². The van der Waals surface area contributed by atoms with Gasteiger partial charge in [-0.25, -0.2) is 0 Å². The summed E-state index contributed by atoms with van der Waals surface area (Å²) in [5, 5.41) is 5.25. The minimum atomic E-state index is -3.08. The van der Waals surface area contributed by atoms with Gasteiger partial charge in [0, 0.05) is 12.4 Å². The van der Waals surface area contributed by atoms with E-state index in [1.807, 2.05) is 39.1 Å². The molecule has 1 aromatic carbocycles. The Morgan fingerprint density at radius 1 is 1.26 bits per heavy atom. The van der Waals surface area contributed by atoms with E-state index < -0.39 is 7.60 Å². The standard InChI is InChI=1S/C13H19N2O3P/c1-4-17-19(16,18-5-2)10-12-8-6-7-11-9-14-15(3)13(11)12/h6-9H,4-5,10H2,1-3H3. The van der Waals surface area contributed by atoms with E-state index in [1.165, 1.54) is 0 Å². The second kappa shape index (κ2) is 5.87. The zero-order valence-corrected chi connectivity index (χ0v) is 12.4. The van der Waals surface area contributed by atoms with Gasteiger partial charge < -0.3 is 9.05 Å². The fourth-order valence-electron chi connectivity index (χ4n) is 2.17. The van der Waals surface area contributed by atoms with Crippen molar-refractivity contribution >= 4 is 18.5 Å². The van der Waals surface area contributed by atoms with Crippen molar-refractivity contribution in [2.75, 3.05) is 13.2 Å². The Kier molecular flexibility index (Phi) is 4.40. The summed E-state index contributed by atoms with van der Waals surface area (Å²) >= 11 is 0. The van der Waals surface area contributed by atoms with E-state index >= 15 is 0 Å². The lowest BCUT2D eigenvalue weighted by Crippen LogP contribution is -2.01. The van der Waals surface area contributed by atoms with E-state index in [-0.39, 0.29) is 6.16 Å². The van der Waals surface area contributed by atoms with Crippen LogP contribution in [0.2, 0.25) is 0 Å². The maximum atomic E-state index is 12.6. The van der Waals surface area contributed by atoms with E-state index in [0.717, 1.165) is 16.5 Å². The number of benzene rings is 1. The summed E-state index contributed by atoms with van der Waals surface area (Å²) in [5.74, 6) is 0. The summed E-state index contributed by atoms with van der Waals surface area (Å²) in [7, 11) is -1.21. The lowest BCUT2D eigenvalue weighted by atomic mass is 10.2. The molecule has 0 unspecified atom stereocenters. The molecule has 0 aliphatic carbocycles. The molecular weight excluding hydrogens is 263 g/mol. The molecule has 104 valence electrons. The molecule has 0 spiro atoms. The Bertz CT molecular complexity index is 599. The largest absolute Gasteiger partial charge is 0.335 e. The number of hydrogen-bond acceptors (Lipinski definition) is 4. The van der Waals surface area contributed by atoms with Gasteiger partial charge in [-0.05, 0) is 19.4 Å². The predicted molar refractivity (Wildman–Crippen MR) is 75.3 cm³/mol. The van der Waals surface area contributed by atoms with Crippen molar-refractivity contribution < 1.29 is 13.6 Å². The molecule has 5 nitrogen and oxygen atoms in total. The minimum Gasteiger partial charge on any atom is -0.309 e. The Morgan fingerprint density at radius 2 is 1.95 bits per heavy atom. The average molecular weight is 282 g/mol. The highest BCUT2D eigenvalue weighted by Crippen LogP contribution is 2.51. The molecule has 0 fully saturated rings. The van der Waals surface area contributed by atoms with Gasteiger partial charge in [0.1, 0.15) is 0 Å². The van der Waals surface area contributed by atoms with Gasteiger partial charge in [-0.3, -0.25) is 9.25 Å². The van der Waals surface area contributed by atoms with Gasteiger partial charge in [-0.1, -0.05) is 18.2 Å². The normalized spacial score (nSPS) is 12.2. The Morgan fingerprint density at radius 3 is 2.58 bits per heavy atom. The molecule has 0 aliphatic rings. The first kappa shape index (κ1) is 14.3. The molecule has 0 radical (unpaired) electrons. The van der Waals surface area contributed by atoms with Crippen molar-refractivity contribution in [3.8, 4) is 0 Å². The van der Waals surface area contributed by atoms with Crippen molar-refractivity contribution in [2.45, 2.75) is 20.0 Å². The SMILES string of the molecule is CCOP(=O)(Cc1cccc2cnn(C)c12)OCC. The lowest BCUT2D eigenvalue weighted by Gasteiger charge is -2.17. The van der Waals surface area contributed by atoms with Crippen LogP contribution in [-0.4, -0.2) is 23.0 Å². The predicted octanol–water partition coefficient (Wildman–Crippen LogP) is 3.34. The van der Waals surface area contributed by atoms with Crippen LogP contribution in [0.3, 0.4) is 0 Å². The van der Waals surface area contributed by atoms with Gasteiger partial charge >= 0.3 is 7.60 Å². The van der Waals surface area contributed by atoms with Crippen LogP contribution in [0, 0.1) is 0 Å². The van der Waals surface area contributed by atoms with Gasteiger partial charge in [0.25, 0.3) is 0 Å². The summed E-state index contributed by atoms with van der Waals surface area (Å²) in [6, 6.07) is 5.86. The second-order valence-electron chi connectivity index (χ2n) is 4.23. The highest BCUT2D eigenvalue weighted by Gasteiger charge is 2.25. The van der Waals surface area contributed by atoms with Crippen LogP contribution in [-0.2, 0) is 26.8 Å². The van der Waals surface area contributed by atoms with Crippen LogP contribution >= 0.6 is 7.60 Å². The van der Waals surface area contributed by atoms with E-state index in [1.54, 1.807) is 10.9 Å². The maximum absolute atomic E-state index is 12.6. The summed E-state index contributed by atoms with van der Waals surface area (Å²) in [4.78, 5) is 0. The fourth-order valence-corrected chi connectivity index (χ4v) is 3.89. The summed E-state index contributed by atoms with van der Waals surface area (Å²) in [6.07, 6.45) is 2.07. The average Bonchev–Trinajstić information content (AvgIpc) is 2.73. The molecule has 0 amide bonds. The number of para-hydroxylation sites is 1. The third-order valence-electron chi connectivity index (χ3n) is 2.86. The zero-order valence-electron chi connectivity index (χ0n) is 11.5. The molecule has 0 saturated carbocycles. The minimum absolute atomic E-state index is 0.269. The van der Waals surface area contributed by atoms with E-state index in [2.05, 4.69) is 5.10 Å². The maximum Gasteiger partial charge on any atom is 0.335 e. The summed E-state index contributed by atoms with van der Waals surface area (Å²) in [6.45, 7) is 4.38. The molecule has 0 aliphatic heterocycles. The molecule has 6 heteroatoms. The Hall–Kier alpha value is -1.16. The summed E-state index contributed by atoms with van der Waals surface area (Å²) in [5.41, 5.74) is 1.91. The molecule has 1 aromatic heterocycles. The van der Waals surface area contributed by atoms with Crippen molar-refractivity contribution in [1.82, 2.24) is 9.78 Å². The third-order valence-corrected chi connectivity index (χ3v) is 4.89. The summed E-state index contributed by atoms with van der Waals surface area (Å²) < 4.78 is 25.1. The van der Waals surface area contributed by atoms with Gasteiger partial charge in [-0.15, -0.1) is 0 Å². The number of nitrogens with zero attached hydrogens (tertiary/aromatic N) is 2. The van der Waals surface area contributed by atoms with Crippen LogP contribution in [0.1, 0.15) is 19.4 Å². The molecule has 19 heavy (non-hydrogen) atoms. The van der Waals surface area contributed by atoms with E-state index in [9.17, 15) is 4.57 Å². The van der Waals surface area contributed by atoms with Gasteiger partial charge in [0.05, 0.1) is 31.1 Å². The lowest BCUT2D eigenvalue weighted by molar-refractivity contribution is 0.219. The quantitative estimate of drug-likeness (QED) is 0.762. The van der Waals surface area contributed by atoms with Gasteiger partial charge in [-0.2, -0.15) is 5.10 Å². The van der Waals surface area contributed by atoms with Crippen LogP contribution in [0.25, 0.3) is 10.9 Å². The molecule has 0 saturated heterocycles. The molecule has 0 bridgehead atoms. The van der Waals surface area contributed by atoms with Crippen LogP contribution in [0.5, 0.6) is 0 Å². The van der Waals surface area contributed by atoms with Crippen molar-refractivity contribution in [3.05, 3.63) is 30.0 Å². The molecule has 2 aromatic rings. The Labute approximate surface area is 113 Å². The number of aromatic nitrogens is 2. The Balaban J connectivity index is 2.39. The van der Waals surface area contributed by atoms with Crippen molar-refractivity contribution in [1.29, 1.82) is 0 Å². The van der Waals surface area contributed by atoms with Crippen molar-refractivity contribution in [3.63, 3.8) is 0 Å². The monoisotopic (exact) mass is 282 g/mol. The highest BCUT2D eigenvalue weighted by atomic mass is 31.2. The molecule has 1 heterocycles. The topological polar surface area (TPSA) is 53.3 Å². The van der Waals surface area contributed by atoms with E-state index in [0.29, 0.717) is 13.2 Å². The van der Waals surface area contributed by atoms with Crippen LogP contribution < -0.4 is 0 Å². The zero-order chi connectivity index (χ0) is 13.9. The second-order valence-corrected chi connectivity index (χ2v) is 6.28. The van der Waals surface area contributed by atoms with Crippen molar-refractivity contribution in [2.24, 2.45) is 7.05 Å². The third kappa shape index (κ3) is 3.06. The number of hydrogen-bond donors (Lipinski definition) is 0. The van der Waals surface area contributed by atoms with Crippen LogP contribution in [0.15, 0.2) is 24.4 Å². The van der Waals surface area contributed by atoms with Crippen LogP contribution in [0.4, 0.5) is 0 Å². The molecule has 0 N–H and O–H groups in total. The van der Waals surface area contributed by atoms with E-state index in [4.69, 9.17) is 9.05 Å². The highest BCUT2D eigenvalue weighted by molar-refractivity contribution is 7.53. The fraction of sp³-hybridized carbons (Fsp3) is 0.462. The molecular formula is C13H19N2O3P. The molecule has 2 rings (SSSR count). The first-order valence-electron chi connectivity index (χ1n) is 6.37. The first-order chi connectivity index (χ1) is 9.09. The van der Waals surface area contributed by atoms with Gasteiger partial charge in [0.2, 0.25) is 0 Å². The number of fused-ring (bicyclic) bond motifs is 1. The number of aryl methyl sites for hydroxylation is 1. The number of rotatable bonds is 6. The first-order valence-corrected chi connectivity index (χ1v) is 8.10. The smallest absolute Gasteiger partial charge is 0.309 e.